The van der Waals surface area contributed by atoms with Crippen LogP contribution in [0.4, 0.5) is 0 Å². The molecule has 0 aliphatic heterocycles. The van der Waals surface area contributed by atoms with Crippen LogP contribution in [0.15, 0.2) is 11.2 Å². The van der Waals surface area contributed by atoms with Gasteiger partial charge in [0, 0.05) is 37.1 Å². The zero-order valence-electron chi connectivity index (χ0n) is 13.8. The van der Waals surface area contributed by atoms with Gasteiger partial charge in [-0.15, -0.1) is 35.3 Å². The maximum Gasteiger partial charge on any atom is 0.208 e. The lowest BCUT2D eigenvalue weighted by Crippen LogP contribution is -2.39. The third kappa shape index (κ3) is 10.8. The molecule has 23 heavy (non-hydrogen) atoms. The highest BCUT2D eigenvalue weighted by Crippen LogP contribution is 2.13. The first kappa shape index (κ1) is 22.5. The average molecular weight is 475 g/mol. The van der Waals surface area contributed by atoms with E-state index in [1.165, 1.54) is 4.88 Å². The number of rotatable bonds is 9. The van der Waals surface area contributed by atoms with Gasteiger partial charge < -0.3 is 10.6 Å². The van der Waals surface area contributed by atoms with Crippen LogP contribution in [0.1, 0.15) is 23.7 Å². The number of sulfonamides is 1. The maximum atomic E-state index is 11.0. The van der Waals surface area contributed by atoms with Gasteiger partial charge in [-0.3, -0.25) is 4.99 Å². The number of hydrogen-bond donors (Lipinski definition) is 3. The highest BCUT2D eigenvalue weighted by atomic mass is 127. The molecule has 0 unspecified atom stereocenters. The molecular weight excluding hydrogens is 449 g/mol. The molecule has 7 nitrogen and oxygen atoms in total. The zero-order valence-corrected chi connectivity index (χ0v) is 17.7. The monoisotopic (exact) mass is 475 g/mol. The van der Waals surface area contributed by atoms with E-state index in [-0.39, 0.29) is 24.0 Å². The molecule has 134 valence electrons. The summed E-state index contributed by atoms with van der Waals surface area (Å²) < 4.78 is 24.3. The summed E-state index contributed by atoms with van der Waals surface area (Å²) in [5, 5.41) is 7.46. The average Bonchev–Trinajstić information content (AvgIpc) is 2.90. The second-order valence-corrected chi connectivity index (χ2v) is 7.71. The Morgan fingerprint density at radius 3 is 2.61 bits per heavy atom. The van der Waals surface area contributed by atoms with Crippen LogP contribution in [0.5, 0.6) is 0 Å². The molecule has 0 aromatic carbocycles. The molecule has 0 spiro atoms. The van der Waals surface area contributed by atoms with Crippen molar-refractivity contribution in [1.29, 1.82) is 0 Å². The number of aromatic nitrogens is 1. The molecule has 0 radical (unpaired) electrons. The lowest BCUT2D eigenvalue weighted by Gasteiger charge is -2.10. The Hall–Kier alpha value is -0.460. The Morgan fingerprint density at radius 2 is 2.04 bits per heavy atom. The standard InChI is InChI=1S/C13H25N5O2S2.HI/c1-4-11-10-17-12(21-11)6-7-15-13(14-5-2)16-8-9-18-22(3,19)20;/h10,18H,4-9H2,1-3H3,(H2,14,15,16);1H. The van der Waals surface area contributed by atoms with Crippen LogP contribution in [-0.2, 0) is 22.9 Å². The number of guanidine groups is 1. The third-order valence-corrected chi connectivity index (χ3v) is 4.60. The van der Waals surface area contributed by atoms with Crippen molar-refractivity contribution in [2.45, 2.75) is 26.7 Å². The summed E-state index contributed by atoms with van der Waals surface area (Å²) in [5.74, 6) is 0.685. The molecule has 0 aliphatic rings. The molecule has 0 fully saturated rings. The van der Waals surface area contributed by atoms with Gasteiger partial charge in [0.1, 0.15) is 0 Å². The van der Waals surface area contributed by atoms with E-state index in [0.717, 1.165) is 37.2 Å². The van der Waals surface area contributed by atoms with Gasteiger partial charge >= 0.3 is 0 Å². The summed E-state index contributed by atoms with van der Waals surface area (Å²) in [4.78, 5) is 9.99. The van der Waals surface area contributed by atoms with Crippen molar-refractivity contribution in [1.82, 2.24) is 20.3 Å². The highest BCUT2D eigenvalue weighted by molar-refractivity contribution is 14.0. The van der Waals surface area contributed by atoms with Gasteiger partial charge in [0.05, 0.1) is 17.8 Å². The number of nitrogens with zero attached hydrogens (tertiary/aromatic N) is 2. The number of halogens is 1. The summed E-state index contributed by atoms with van der Waals surface area (Å²) in [6.45, 7) is 6.28. The molecular formula is C13H26IN5O2S2. The van der Waals surface area contributed by atoms with Gasteiger partial charge in [-0.25, -0.2) is 18.1 Å². The molecule has 0 bridgehead atoms. The summed E-state index contributed by atoms with van der Waals surface area (Å²) in [6.07, 6.45) is 4.92. The van der Waals surface area contributed by atoms with Crippen LogP contribution >= 0.6 is 35.3 Å². The largest absolute Gasteiger partial charge is 0.357 e. The van der Waals surface area contributed by atoms with Crippen molar-refractivity contribution in [2.75, 3.05) is 32.4 Å². The van der Waals surface area contributed by atoms with Crippen LogP contribution in [-0.4, -0.2) is 51.8 Å². The van der Waals surface area contributed by atoms with Gasteiger partial charge in [-0.2, -0.15) is 0 Å². The van der Waals surface area contributed by atoms with Gasteiger partial charge in [-0.05, 0) is 13.3 Å². The normalized spacial score (nSPS) is 11.9. The fourth-order valence-electron chi connectivity index (χ4n) is 1.66. The Kier molecular flexibility index (Phi) is 11.7. The number of aryl methyl sites for hydroxylation is 1. The van der Waals surface area contributed by atoms with E-state index in [0.29, 0.717) is 19.0 Å². The highest BCUT2D eigenvalue weighted by Gasteiger charge is 2.02. The Bertz CT molecular complexity index is 575. The number of thiazole rings is 1. The van der Waals surface area contributed by atoms with Gasteiger partial charge in [-0.1, -0.05) is 6.92 Å². The van der Waals surface area contributed by atoms with Crippen molar-refractivity contribution >= 4 is 51.3 Å². The van der Waals surface area contributed by atoms with Gasteiger partial charge in [0.25, 0.3) is 0 Å². The van der Waals surface area contributed by atoms with E-state index in [1.807, 2.05) is 13.1 Å². The maximum absolute atomic E-state index is 11.0. The molecule has 0 amide bonds. The van der Waals surface area contributed by atoms with Crippen molar-refractivity contribution in [3.8, 4) is 0 Å². The first-order chi connectivity index (χ1) is 10.4. The Balaban J connectivity index is 0.00000484. The van der Waals surface area contributed by atoms with Crippen molar-refractivity contribution in [3.63, 3.8) is 0 Å². The van der Waals surface area contributed by atoms with E-state index >= 15 is 0 Å². The van der Waals surface area contributed by atoms with Crippen molar-refractivity contribution in [3.05, 3.63) is 16.1 Å². The van der Waals surface area contributed by atoms with Gasteiger partial charge in [0.2, 0.25) is 10.0 Å². The first-order valence-corrected chi connectivity index (χ1v) is 10.1. The zero-order chi connectivity index (χ0) is 16.4. The van der Waals surface area contributed by atoms with E-state index in [2.05, 4.69) is 32.3 Å². The molecule has 0 saturated heterocycles. The molecule has 10 heteroatoms. The third-order valence-electron chi connectivity index (χ3n) is 2.67. The molecule has 1 aromatic heterocycles. The molecule has 0 saturated carbocycles. The predicted octanol–water partition coefficient (Wildman–Crippen LogP) is 0.970. The minimum absolute atomic E-state index is 0. The smallest absolute Gasteiger partial charge is 0.208 e. The lowest BCUT2D eigenvalue weighted by molar-refractivity contribution is 0.588. The van der Waals surface area contributed by atoms with E-state index in [1.54, 1.807) is 11.3 Å². The minimum Gasteiger partial charge on any atom is -0.357 e. The molecule has 3 N–H and O–H groups in total. The molecule has 0 aliphatic carbocycles. The van der Waals surface area contributed by atoms with E-state index < -0.39 is 10.0 Å². The number of hydrogen-bond acceptors (Lipinski definition) is 5. The summed E-state index contributed by atoms with van der Waals surface area (Å²) >= 11 is 1.73. The second kappa shape index (κ2) is 12.0. The van der Waals surface area contributed by atoms with Crippen LogP contribution in [0.2, 0.25) is 0 Å². The molecule has 1 rings (SSSR count). The van der Waals surface area contributed by atoms with Crippen molar-refractivity contribution < 1.29 is 8.42 Å². The predicted molar refractivity (Wildman–Crippen MR) is 107 cm³/mol. The fourth-order valence-corrected chi connectivity index (χ4v) is 2.98. The first-order valence-electron chi connectivity index (χ1n) is 7.35. The van der Waals surface area contributed by atoms with Crippen LogP contribution in [0.3, 0.4) is 0 Å². The quantitative estimate of drug-likeness (QED) is 0.214. The summed E-state index contributed by atoms with van der Waals surface area (Å²) in [6, 6.07) is 0. The Morgan fingerprint density at radius 1 is 1.30 bits per heavy atom. The molecule has 1 aromatic rings. The number of aliphatic imine (C=N–C) groups is 1. The van der Waals surface area contributed by atoms with Crippen LogP contribution in [0.25, 0.3) is 0 Å². The minimum atomic E-state index is -3.15. The molecule has 0 atom stereocenters. The second-order valence-electron chi connectivity index (χ2n) is 4.68. The molecule has 1 heterocycles. The van der Waals surface area contributed by atoms with Crippen LogP contribution in [0, 0.1) is 0 Å². The topological polar surface area (TPSA) is 95.5 Å². The Labute approximate surface area is 159 Å². The van der Waals surface area contributed by atoms with Crippen LogP contribution < -0.4 is 15.4 Å². The van der Waals surface area contributed by atoms with Crippen molar-refractivity contribution in [2.24, 2.45) is 4.99 Å². The van der Waals surface area contributed by atoms with Gasteiger partial charge in [0.15, 0.2) is 5.96 Å². The summed E-state index contributed by atoms with van der Waals surface area (Å²) in [7, 11) is -3.15. The SMILES string of the molecule is CCNC(=NCCNS(C)(=O)=O)NCCc1ncc(CC)s1.I. The number of nitrogens with one attached hydrogen (secondary N) is 3. The summed E-state index contributed by atoms with van der Waals surface area (Å²) in [5.41, 5.74) is 0. The van der Waals surface area contributed by atoms with E-state index in [9.17, 15) is 8.42 Å². The lowest BCUT2D eigenvalue weighted by atomic mass is 10.4. The van der Waals surface area contributed by atoms with E-state index in [4.69, 9.17) is 0 Å². The fraction of sp³-hybridized carbons (Fsp3) is 0.692.